The number of hydrogen-bond donors (Lipinski definition) is 2. The topological polar surface area (TPSA) is 92.9 Å². The third-order valence-corrected chi connectivity index (χ3v) is 14.8. The number of methoxy groups -OCH3 is 1. The first kappa shape index (κ1) is 36.1. The maximum absolute atomic E-state index is 14.0. The smallest absolute Gasteiger partial charge is 0.453 e. The van der Waals surface area contributed by atoms with E-state index in [2.05, 4.69) is 75.3 Å². The standard InChI is InChI=1S/C45H58BN3O5/c1-9-25-23-34(47-41(25)35-11-10-20-49(35)42(50)40(24(2)3)48-43(51)52-8)32-17-16-30(36-26-12-13-28(21-26)38(32)36)31-18-19-33(39-29-15-14-27(22-29)37(31)39)46-53-44(4,5)45(6,7)54-46/h16-19,23-24,26-29,35,40,47H,9-15,20-22H2,1-8H3,(H,48,51). The van der Waals surface area contributed by atoms with Gasteiger partial charge in [0.1, 0.15) is 6.04 Å². The van der Waals surface area contributed by atoms with E-state index in [1.165, 1.54) is 84.6 Å². The summed E-state index contributed by atoms with van der Waals surface area (Å²) in [4.78, 5) is 32.1. The number of fused-ring (bicyclic) bond motifs is 10. The number of aromatic nitrogens is 1. The lowest BCUT2D eigenvalue weighted by atomic mass is 9.69. The lowest BCUT2D eigenvalue weighted by molar-refractivity contribution is -0.135. The molecule has 2 aliphatic heterocycles. The molecule has 0 spiro atoms. The highest BCUT2D eigenvalue weighted by atomic mass is 16.7. The fourth-order valence-electron chi connectivity index (χ4n) is 11.4. The lowest BCUT2D eigenvalue weighted by Crippen LogP contribution is -2.51. The van der Waals surface area contributed by atoms with E-state index in [0.717, 1.165) is 25.0 Å². The van der Waals surface area contributed by atoms with Crippen molar-refractivity contribution in [1.29, 1.82) is 0 Å². The van der Waals surface area contributed by atoms with Crippen LogP contribution >= 0.6 is 0 Å². The Morgan fingerprint density at radius 1 is 0.870 bits per heavy atom. The third kappa shape index (κ3) is 5.45. The number of benzene rings is 2. The van der Waals surface area contributed by atoms with E-state index in [1.807, 2.05) is 18.7 Å². The molecule has 4 fully saturated rings. The van der Waals surface area contributed by atoms with Crippen molar-refractivity contribution in [2.24, 2.45) is 5.92 Å². The number of amides is 2. The molecule has 3 heterocycles. The van der Waals surface area contributed by atoms with Gasteiger partial charge in [-0.15, -0.1) is 0 Å². The van der Waals surface area contributed by atoms with Crippen molar-refractivity contribution >= 4 is 24.6 Å². The molecule has 0 radical (unpaired) electrons. The fourth-order valence-corrected chi connectivity index (χ4v) is 11.4. The van der Waals surface area contributed by atoms with Crippen LogP contribution in [0.4, 0.5) is 4.79 Å². The van der Waals surface area contributed by atoms with E-state index in [9.17, 15) is 9.59 Å². The molecule has 8 nitrogen and oxygen atoms in total. The first-order chi connectivity index (χ1) is 25.8. The Kier molecular flexibility index (Phi) is 8.70. The average Bonchev–Trinajstić information content (AvgIpc) is 4.01. The molecule has 9 heteroatoms. The van der Waals surface area contributed by atoms with Gasteiger partial charge in [0.25, 0.3) is 0 Å². The molecular formula is C45H58BN3O5. The number of aromatic amines is 1. The van der Waals surface area contributed by atoms with Crippen LogP contribution in [0.2, 0.25) is 0 Å². The number of carbonyl (C=O) groups excluding carboxylic acids is 2. The average molecular weight is 732 g/mol. The summed E-state index contributed by atoms with van der Waals surface area (Å²) in [5.74, 6) is 2.26. The molecule has 286 valence electrons. The summed E-state index contributed by atoms with van der Waals surface area (Å²) in [6, 6.07) is 11.3. The number of carbonyl (C=O) groups is 2. The van der Waals surface area contributed by atoms with Crippen molar-refractivity contribution in [1.82, 2.24) is 15.2 Å². The van der Waals surface area contributed by atoms with Gasteiger partial charge in [-0.2, -0.15) is 0 Å². The van der Waals surface area contributed by atoms with E-state index >= 15 is 0 Å². The van der Waals surface area contributed by atoms with Gasteiger partial charge in [0.15, 0.2) is 0 Å². The molecule has 4 bridgehead atoms. The van der Waals surface area contributed by atoms with Crippen LogP contribution in [-0.2, 0) is 25.3 Å². The number of nitrogens with zero attached hydrogens (tertiary/aromatic N) is 1. The number of alkyl carbamates (subject to hydrolysis) is 1. The molecule has 3 aromatic rings. The summed E-state index contributed by atoms with van der Waals surface area (Å²) in [6.45, 7) is 15.4. The number of hydrogen-bond acceptors (Lipinski definition) is 5. The van der Waals surface area contributed by atoms with Gasteiger partial charge in [-0.3, -0.25) is 4.79 Å². The maximum atomic E-state index is 14.0. The van der Waals surface area contributed by atoms with Gasteiger partial charge < -0.3 is 29.2 Å². The Bertz CT molecular complexity index is 2000. The van der Waals surface area contributed by atoms with Crippen LogP contribution in [0.3, 0.4) is 0 Å². The molecule has 2 saturated heterocycles. The highest BCUT2D eigenvalue weighted by molar-refractivity contribution is 6.62. The minimum atomic E-state index is -0.633. The largest absolute Gasteiger partial charge is 0.495 e. The summed E-state index contributed by atoms with van der Waals surface area (Å²) in [7, 11) is 1.01. The predicted octanol–water partition coefficient (Wildman–Crippen LogP) is 8.98. The molecule has 54 heavy (non-hydrogen) atoms. The second-order valence-corrected chi connectivity index (χ2v) is 18.5. The molecule has 6 atom stereocenters. The van der Waals surface area contributed by atoms with Gasteiger partial charge in [0.2, 0.25) is 5.91 Å². The zero-order valence-electron chi connectivity index (χ0n) is 33.6. The first-order valence-electron chi connectivity index (χ1n) is 20.9. The van der Waals surface area contributed by atoms with Crippen molar-refractivity contribution in [3.05, 3.63) is 63.8 Å². The highest BCUT2D eigenvalue weighted by Crippen LogP contribution is 2.61. The minimum absolute atomic E-state index is 0.0376. The predicted molar refractivity (Wildman–Crippen MR) is 213 cm³/mol. The Morgan fingerprint density at radius 2 is 1.43 bits per heavy atom. The van der Waals surface area contributed by atoms with Crippen LogP contribution in [0.15, 0.2) is 30.3 Å². The van der Waals surface area contributed by atoms with Crippen molar-refractivity contribution in [2.75, 3.05) is 13.7 Å². The van der Waals surface area contributed by atoms with Crippen molar-refractivity contribution < 1.29 is 23.6 Å². The molecular weight excluding hydrogens is 673 g/mol. The van der Waals surface area contributed by atoms with Crippen molar-refractivity contribution in [3.8, 4) is 22.4 Å². The number of ether oxygens (including phenoxy) is 1. The zero-order valence-corrected chi connectivity index (χ0v) is 33.6. The lowest BCUT2D eigenvalue weighted by Gasteiger charge is -2.32. The summed E-state index contributed by atoms with van der Waals surface area (Å²) < 4.78 is 18.2. The molecule has 2 saturated carbocycles. The monoisotopic (exact) mass is 731 g/mol. The minimum Gasteiger partial charge on any atom is -0.453 e. The zero-order chi connectivity index (χ0) is 37.8. The molecule has 1 aromatic heterocycles. The Hall–Kier alpha value is -3.56. The van der Waals surface area contributed by atoms with Crippen LogP contribution in [0, 0.1) is 5.92 Å². The normalized spacial score (nSPS) is 27.5. The maximum Gasteiger partial charge on any atom is 0.495 e. The first-order valence-corrected chi connectivity index (χ1v) is 20.9. The summed E-state index contributed by atoms with van der Waals surface area (Å²) in [6.07, 6.45) is 9.67. The third-order valence-electron chi connectivity index (χ3n) is 14.8. The van der Waals surface area contributed by atoms with Crippen LogP contribution in [0.25, 0.3) is 22.4 Å². The van der Waals surface area contributed by atoms with Crippen LogP contribution in [0.5, 0.6) is 0 Å². The van der Waals surface area contributed by atoms with E-state index < -0.39 is 12.1 Å². The molecule has 2 amide bonds. The van der Waals surface area contributed by atoms with Gasteiger partial charge >= 0.3 is 13.2 Å². The summed E-state index contributed by atoms with van der Waals surface area (Å²) in [5, 5.41) is 2.81. The number of H-pyrrole nitrogens is 1. The van der Waals surface area contributed by atoms with Gasteiger partial charge in [-0.05, 0) is 166 Å². The second-order valence-electron chi connectivity index (χ2n) is 18.5. The fraction of sp³-hybridized carbons (Fsp3) is 0.600. The van der Waals surface area contributed by atoms with Crippen LogP contribution in [-0.4, -0.2) is 59.9 Å². The van der Waals surface area contributed by atoms with Crippen molar-refractivity contribution in [2.45, 2.75) is 153 Å². The van der Waals surface area contributed by atoms with E-state index in [1.54, 1.807) is 16.7 Å². The Morgan fingerprint density at radius 3 is 2.02 bits per heavy atom. The van der Waals surface area contributed by atoms with Crippen LogP contribution in [0.1, 0.15) is 163 Å². The second kappa shape index (κ2) is 13.0. The Labute approximate surface area is 321 Å². The number of likely N-dealkylation sites (tertiary alicyclic amines) is 1. The summed E-state index contributed by atoms with van der Waals surface area (Å²) >= 11 is 0. The molecule has 6 aliphatic rings. The molecule has 2 N–H and O–H groups in total. The summed E-state index contributed by atoms with van der Waals surface area (Å²) in [5.41, 5.74) is 14.5. The van der Waals surface area contributed by atoms with Crippen molar-refractivity contribution in [3.63, 3.8) is 0 Å². The van der Waals surface area contributed by atoms with Crippen LogP contribution < -0.4 is 10.8 Å². The van der Waals surface area contributed by atoms with E-state index in [4.69, 9.17) is 14.0 Å². The number of aryl methyl sites for hydroxylation is 1. The van der Waals surface area contributed by atoms with Gasteiger partial charge in [0.05, 0.1) is 24.4 Å². The van der Waals surface area contributed by atoms with Gasteiger partial charge in [0, 0.05) is 23.5 Å². The molecule has 9 rings (SSSR count). The Balaban J connectivity index is 1.10. The van der Waals surface area contributed by atoms with Gasteiger partial charge in [-0.25, -0.2) is 4.79 Å². The molecule has 4 aliphatic carbocycles. The highest BCUT2D eigenvalue weighted by Gasteiger charge is 2.54. The number of rotatable bonds is 8. The molecule has 2 aromatic carbocycles. The SMILES string of the molecule is CCc1cc(-c2ccc(-c3ccc(B4OC(C)(C)C(C)(C)O4)c4c3C3CCC4C3)c3c2C2CCC3C2)[nH]c1C1CCCN1C(=O)C(NC(=O)OC)C(C)C. The molecule has 6 unspecified atom stereocenters. The quantitative estimate of drug-likeness (QED) is 0.226. The van der Waals surface area contributed by atoms with E-state index in [0.29, 0.717) is 30.2 Å². The van der Waals surface area contributed by atoms with Gasteiger partial charge in [-0.1, -0.05) is 45.0 Å². The van der Waals surface area contributed by atoms with E-state index in [-0.39, 0.29) is 36.2 Å². The number of nitrogens with one attached hydrogen (secondary N) is 2.